The van der Waals surface area contributed by atoms with Gasteiger partial charge in [-0.2, -0.15) is 0 Å². The molecule has 170 valence electrons. The lowest BCUT2D eigenvalue weighted by Crippen LogP contribution is -2.51. The van der Waals surface area contributed by atoms with Gasteiger partial charge < -0.3 is 14.5 Å². The zero-order valence-electron chi connectivity index (χ0n) is 18.9. The molecule has 0 spiro atoms. The van der Waals surface area contributed by atoms with Gasteiger partial charge in [-0.05, 0) is 56.4 Å². The van der Waals surface area contributed by atoms with Gasteiger partial charge in [0.1, 0.15) is 11.9 Å². The van der Waals surface area contributed by atoms with Crippen molar-refractivity contribution in [1.29, 1.82) is 0 Å². The monoisotopic (exact) mass is 435 g/mol. The maximum absolute atomic E-state index is 13.5. The van der Waals surface area contributed by atoms with Gasteiger partial charge in [-0.15, -0.1) is 0 Å². The van der Waals surface area contributed by atoms with Crippen molar-refractivity contribution in [3.8, 4) is 5.75 Å². The third-order valence-electron chi connectivity index (χ3n) is 6.64. The summed E-state index contributed by atoms with van der Waals surface area (Å²) in [5.41, 5.74) is 1.27. The molecule has 2 heterocycles. The number of rotatable bonds is 1. The smallest absolute Gasteiger partial charge is 0.257 e. The Morgan fingerprint density at radius 3 is 2.47 bits per heavy atom. The van der Waals surface area contributed by atoms with Crippen molar-refractivity contribution >= 4 is 11.8 Å². The maximum atomic E-state index is 13.5. The lowest BCUT2D eigenvalue weighted by molar-refractivity contribution is 0.0267. The molecule has 2 aromatic rings. The predicted octanol–water partition coefficient (Wildman–Crippen LogP) is 4.56. The van der Waals surface area contributed by atoms with Crippen LogP contribution in [0.5, 0.6) is 5.75 Å². The van der Waals surface area contributed by atoms with E-state index >= 15 is 0 Å². The van der Waals surface area contributed by atoms with Crippen LogP contribution in [0.4, 0.5) is 0 Å². The van der Waals surface area contributed by atoms with E-state index in [0.29, 0.717) is 16.9 Å². The van der Waals surface area contributed by atoms with E-state index in [1.165, 1.54) is 0 Å². The number of pyridine rings is 1. The summed E-state index contributed by atoms with van der Waals surface area (Å²) < 4.78 is 6.53. The minimum absolute atomic E-state index is 0.00487. The van der Waals surface area contributed by atoms with E-state index < -0.39 is 0 Å². The fourth-order valence-electron chi connectivity index (χ4n) is 4.85. The molecular weight excluding hydrogens is 402 g/mol. The lowest BCUT2D eigenvalue weighted by atomic mass is 9.90. The third-order valence-corrected chi connectivity index (χ3v) is 6.64. The van der Waals surface area contributed by atoms with Crippen LogP contribution in [0, 0.1) is 0 Å². The first kappa shape index (κ1) is 22.3. The van der Waals surface area contributed by atoms with Crippen LogP contribution < -0.4 is 4.74 Å². The fraction of sp³-hybridized carbons (Fsp3) is 0.500. The summed E-state index contributed by atoms with van der Waals surface area (Å²) in [6.45, 7) is 1.45. The summed E-state index contributed by atoms with van der Waals surface area (Å²) in [5, 5.41) is 0. The first-order chi connectivity index (χ1) is 15.6. The molecule has 1 aromatic carbocycles. The van der Waals surface area contributed by atoms with Crippen molar-refractivity contribution < 1.29 is 14.3 Å². The topological polar surface area (TPSA) is 62.7 Å². The van der Waals surface area contributed by atoms with E-state index in [2.05, 4.69) is 4.98 Å². The number of ether oxygens (including phenoxy) is 1. The second-order valence-corrected chi connectivity index (χ2v) is 8.88. The van der Waals surface area contributed by atoms with Gasteiger partial charge in [0.05, 0.1) is 11.6 Å². The number of aromatic nitrogens is 1. The number of hydrogen-bond donors (Lipinski definition) is 0. The molecule has 0 unspecified atom stereocenters. The summed E-state index contributed by atoms with van der Waals surface area (Å²) in [6.07, 6.45) is 11.1. The Balaban J connectivity index is 1.67. The largest absolute Gasteiger partial charge is 0.487 e. The number of carbonyl (C=O) groups is 2. The number of nitrogens with zero attached hydrogens (tertiary/aromatic N) is 3. The van der Waals surface area contributed by atoms with Gasteiger partial charge in [0.2, 0.25) is 0 Å². The first-order valence-corrected chi connectivity index (χ1v) is 11.9. The Morgan fingerprint density at radius 2 is 1.66 bits per heavy atom. The van der Waals surface area contributed by atoms with Crippen LogP contribution in [0.25, 0.3) is 0 Å². The molecule has 6 nitrogen and oxygen atoms in total. The zero-order chi connectivity index (χ0) is 22.3. The molecular formula is C26H33N3O3. The van der Waals surface area contributed by atoms with Crippen molar-refractivity contribution in [1.82, 2.24) is 14.8 Å². The van der Waals surface area contributed by atoms with Gasteiger partial charge in [-0.1, -0.05) is 31.4 Å². The molecule has 1 fully saturated rings. The van der Waals surface area contributed by atoms with Gasteiger partial charge in [0.25, 0.3) is 11.8 Å². The highest BCUT2D eigenvalue weighted by molar-refractivity contribution is 5.97. The number of fused-ring (bicyclic) bond motifs is 2. The minimum Gasteiger partial charge on any atom is -0.487 e. The number of para-hydroxylation sites is 1. The molecule has 2 amide bonds. The van der Waals surface area contributed by atoms with Crippen LogP contribution in [-0.4, -0.2) is 58.9 Å². The molecule has 1 aliphatic carbocycles. The molecule has 32 heavy (non-hydrogen) atoms. The second kappa shape index (κ2) is 10.6. The molecule has 0 saturated heterocycles. The van der Waals surface area contributed by atoms with Gasteiger partial charge in [-0.3, -0.25) is 14.6 Å². The zero-order valence-corrected chi connectivity index (χ0v) is 18.9. The highest BCUT2D eigenvalue weighted by Crippen LogP contribution is 2.31. The van der Waals surface area contributed by atoms with Crippen LogP contribution in [-0.2, 0) is 0 Å². The normalized spacial score (nSPS) is 22.8. The van der Waals surface area contributed by atoms with Crippen molar-refractivity contribution in [3.05, 3.63) is 59.9 Å². The average molecular weight is 436 g/mol. The van der Waals surface area contributed by atoms with Crippen LogP contribution in [0.1, 0.15) is 72.1 Å². The summed E-state index contributed by atoms with van der Waals surface area (Å²) in [7, 11) is 1.86. The SMILES string of the molecule is CN1CCCCCCN(C(=O)c2ccncc2)[C@@H]2CCCC[C@@H]2Oc2ccccc2C1=O. The third kappa shape index (κ3) is 5.12. The standard InChI is InChI=1S/C26H33N3O3/c1-28-18-8-2-3-9-19-29(25(30)20-14-16-27-17-15-20)22-11-5-7-13-24(22)32-23-12-6-4-10-21(23)26(28)31/h4,6,10,12,14-17,22,24H,2-3,5,7-9,11,13,18-19H2,1H3/t22-,24+/m1/s1. The molecule has 0 N–H and O–H groups in total. The average Bonchev–Trinajstić information content (AvgIpc) is 2.84. The molecule has 0 bridgehead atoms. The van der Waals surface area contributed by atoms with E-state index in [0.717, 1.165) is 64.5 Å². The molecule has 2 atom stereocenters. The summed E-state index contributed by atoms with van der Waals surface area (Å²) >= 11 is 0. The van der Waals surface area contributed by atoms with Gasteiger partial charge >= 0.3 is 0 Å². The number of hydrogen-bond acceptors (Lipinski definition) is 4. The molecule has 2 aliphatic rings. The quantitative estimate of drug-likeness (QED) is 0.659. The van der Waals surface area contributed by atoms with E-state index in [1.54, 1.807) is 29.4 Å². The van der Waals surface area contributed by atoms with Crippen LogP contribution in [0.15, 0.2) is 48.8 Å². The molecule has 1 aromatic heterocycles. The van der Waals surface area contributed by atoms with Crippen LogP contribution in [0.2, 0.25) is 0 Å². The summed E-state index contributed by atoms with van der Waals surface area (Å²) in [4.78, 5) is 34.5. The predicted molar refractivity (Wildman–Crippen MR) is 124 cm³/mol. The Morgan fingerprint density at radius 1 is 0.938 bits per heavy atom. The van der Waals surface area contributed by atoms with Gasteiger partial charge in [0, 0.05) is 38.1 Å². The molecule has 1 aliphatic heterocycles. The molecule has 0 radical (unpaired) electrons. The molecule has 6 heteroatoms. The van der Waals surface area contributed by atoms with E-state index in [1.807, 2.05) is 36.2 Å². The van der Waals surface area contributed by atoms with Crippen LogP contribution >= 0.6 is 0 Å². The second-order valence-electron chi connectivity index (χ2n) is 8.88. The lowest BCUT2D eigenvalue weighted by Gasteiger charge is -2.40. The van der Waals surface area contributed by atoms with Gasteiger partial charge in [0.15, 0.2) is 0 Å². The Hall–Kier alpha value is -2.89. The Bertz CT molecular complexity index is 918. The van der Waals surface area contributed by atoms with E-state index in [4.69, 9.17) is 4.74 Å². The minimum atomic E-state index is -0.128. The van der Waals surface area contributed by atoms with E-state index in [-0.39, 0.29) is 24.0 Å². The summed E-state index contributed by atoms with van der Waals surface area (Å²) in [5.74, 6) is 0.661. The number of carbonyl (C=O) groups excluding carboxylic acids is 2. The Kier molecular flexibility index (Phi) is 7.40. The number of benzene rings is 1. The van der Waals surface area contributed by atoms with Crippen molar-refractivity contribution in [3.63, 3.8) is 0 Å². The first-order valence-electron chi connectivity index (χ1n) is 11.9. The highest BCUT2D eigenvalue weighted by Gasteiger charge is 2.35. The van der Waals surface area contributed by atoms with Crippen molar-refractivity contribution in [2.75, 3.05) is 20.1 Å². The fourth-order valence-corrected chi connectivity index (χ4v) is 4.85. The molecule has 1 saturated carbocycles. The van der Waals surface area contributed by atoms with Crippen LogP contribution in [0.3, 0.4) is 0 Å². The van der Waals surface area contributed by atoms with E-state index in [9.17, 15) is 9.59 Å². The Labute approximate surface area is 190 Å². The maximum Gasteiger partial charge on any atom is 0.257 e. The molecule has 4 rings (SSSR count). The summed E-state index contributed by atoms with van der Waals surface area (Å²) in [6, 6.07) is 11.1. The van der Waals surface area contributed by atoms with Crippen molar-refractivity contribution in [2.24, 2.45) is 0 Å². The van der Waals surface area contributed by atoms with Gasteiger partial charge in [-0.25, -0.2) is 0 Å². The highest BCUT2D eigenvalue weighted by atomic mass is 16.5. The van der Waals surface area contributed by atoms with Crippen molar-refractivity contribution in [2.45, 2.75) is 63.5 Å². The number of amides is 2.